The Kier molecular flexibility index (Phi) is 6.20. The Morgan fingerprint density at radius 2 is 2.11 bits per heavy atom. The molecule has 0 spiro atoms. The summed E-state index contributed by atoms with van der Waals surface area (Å²) in [6, 6.07) is 3.61. The van der Waals surface area contributed by atoms with Crippen LogP contribution in [0.25, 0.3) is 0 Å². The minimum Gasteiger partial charge on any atom is -0.272 e. The Bertz CT molecular complexity index is 498. The first-order chi connectivity index (χ1) is 9.12. The monoisotopic (exact) mass is 259 g/mol. The molecule has 0 fully saturated rings. The highest BCUT2D eigenvalue weighted by Crippen LogP contribution is 2.21. The molecule has 1 aromatic carbocycles. The van der Waals surface area contributed by atoms with Gasteiger partial charge in [0.25, 0.3) is 0 Å². The van der Waals surface area contributed by atoms with Crippen LogP contribution in [0.5, 0.6) is 0 Å². The van der Waals surface area contributed by atoms with Gasteiger partial charge in [-0.2, -0.15) is 0 Å². The molecule has 2 heteroatoms. The fraction of sp³-hybridized carbons (Fsp3) is 0.353. The lowest BCUT2D eigenvalue weighted by molar-refractivity contribution is 0.614. The third-order valence-corrected chi connectivity index (χ3v) is 3.03. The molecule has 0 saturated carbocycles. The number of halogens is 1. The van der Waals surface area contributed by atoms with Crippen molar-refractivity contribution in [1.82, 2.24) is 0 Å². The minimum atomic E-state index is -0.120. The highest BCUT2D eigenvalue weighted by atomic mass is 19.1. The molecule has 102 valence electrons. The van der Waals surface area contributed by atoms with Gasteiger partial charge in [0.1, 0.15) is 5.82 Å². The van der Waals surface area contributed by atoms with Crippen LogP contribution in [0, 0.1) is 12.7 Å². The van der Waals surface area contributed by atoms with Gasteiger partial charge in [-0.05, 0) is 61.7 Å². The lowest BCUT2D eigenvalue weighted by Crippen LogP contribution is -1.99. The maximum absolute atomic E-state index is 13.7. The molecule has 0 aliphatic rings. The van der Waals surface area contributed by atoms with Gasteiger partial charge in [-0.1, -0.05) is 31.6 Å². The van der Waals surface area contributed by atoms with E-state index in [1.807, 2.05) is 25.1 Å². The summed E-state index contributed by atoms with van der Waals surface area (Å²) in [4.78, 5) is 3.83. The molecular weight excluding hydrogens is 237 g/mol. The van der Waals surface area contributed by atoms with Crippen LogP contribution in [-0.4, -0.2) is 6.72 Å². The summed E-state index contributed by atoms with van der Waals surface area (Å²) in [5.41, 5.74) is 4.04. The quantitative estimate of drug-likeness (QED) is 0.514. The van der Waals surface area contributed by atoms with Gasteiger partial charge in [-0.15, -0.1) is 0 Å². The zero-order chi connectivity index (χ0) is 14.3. The third-order valence-electron chi connectivity index (χ3n) is 3.03. The number of aliphatic imine (C=N–C) groups is 1. The van der Waals surface area contributed by atoms with Crippen molar-refractivity contribution in [2.75, 3.05) is 0 Å². The molecule has 0 amide bonds. The highest BCUT2D eigenvalue weighted by molar-refractivity contribution is 5.38. The van der Waals surface area contributed by atoms with Crippen LogP contribution in [0.15, 0.2) is 41.1 Å². The number of hydrogen-bond acceptors (Lipinski definition) is 1. The first kappa shape index (κ1) is 15.4. The summed E-state index contributed by atoms with van der Waals surface area (Å²) in [6.07, 6.45) is 8.43. The van der Waals surface area contributed by atoms with Crippen molar-refractivity contribution < 1.29 is 4.39 Å². The van der Waals surface area contributed by atoms with E-state index in [1.165, 1.54) is 5.56 Å². The van der Waals surface area contributed by atoms with Gasteiger partial charge in [0, 0.05) is 6.20 Å². The normalized spacial score (nSPS) is 12.1. The van der Waals surface area contributed by atoms with E-state index in [1.54, 1.807) is 19.2 Å². The summed E-state index contributed by atoms with van der Waals surface area (Å²) < 4.78 is 13.7. The number of nitrogens with zero attached hydrogens (tertiary/aromatic N) is 1. The maximum atomic E-state index is 13.7. The number of hydrogen-bond donors (Lipinski definition) is 0. The van der Waals surface area contributed by atoms with E-state index in [0.29, 0.717) is 5.56 Å². The minimum absolute atomic E-state index is 0.120. The summed E-state index contributed by atoms with van der Waals surface area (Å²) >= 11 is 0. The first-order valence-corrected chi connectivity index (χ1v) is 6.67. The SMILES string of the molecule is C=N/C=C(\C=C\C)Cc1cc(C)c(F)cc1CCC. The largest absolute Gasteiger partial charge is 0.272 e. The Hall–Kier alpha value is -1.70. The van der Waals surface area contributed by atoms with Crippen molar-refractivity contribution in [3.63, 3.8) is 0 Å². The second kappa shape index (κ2) is 7.67. The van der Waals surface area contributed by atoms with E-state index in [4.69, 9.17) is 0 Å². The standard InChI is InChI=1S/C17H22FN/c1-5-7-14(12-19-4)10-16-9-13(3)17(18)11-15(16)8-6-2/h5,7,9,11-12H,4,6,8,10H2,1-3H3/b7-5+,14-12+. The molecule has 0 heterocycles. The lowest BCUT2D eigenvalue weighted by atomic mass is 9.95. The number of allylic oxidation sites excluding steroid dienone is 3. The summed E-state index contributed by atoms with van der Waals surface area (Å²) in [7, 11) is 0. The van der Waals surface area contributed by atoms with Gasteiger partial charge in [-0.3, -0.25) is 4.99 Å². The van der Waals surface area contributed by atoms with E-state index in [9.17, 15) is 4.39 Å². The molecule has 19 heavy (non-hydrogen) atoms. The van der Waals surface area contributed by atoms with Crippen LogP contribution < -0.4 is 0 Å². The van der Waals surface area contributed by atoms with Gasteiger partial charge in [0.15, 0.2) is 0 Å². The van der Waals surface area contributed by atoms with E-state index >= 15 is 0 Å². The van der Waals surface area contributed by atoms with Crippen LogP contribution in [0.3, 0.4) is 0 Å². The van der Waals surface area contributed by atoms with Crippen LogP contribution in [0.4, 0.5) is 4.39 Å². The Morgan fingerprint density at radius 3 is 2.68 bits per heavy atom. The van der Waals surface area contributed by atoms with Crippen molar-refractivity contribution in [2.45, 2.75) is 40.0 Å². The zero-order valence-corrected chi connectivity index (χ0v) is 12.0. The molecule has 0 radical (unpaired) electrons. The fourth-order valence-electron chi connectivity index (χ4n) is 2.15. The van der Waals surface area contributed by atoms with Gasteiger partial charge in [-0.25, -0.2) is 4.39 Å². The molecule has 0 N–H and O–H groups in total. The van der Waals surface area contributed by atoms with Gasteiger partial charge >= 0.3 is 0 Å². The summed E-state index contributed by atoms with van der Waals surface area (Å²) in [5.74, 6) is -0.120. The summed E-state index contributed by atoms with van der Waals surface area (Å²) in [5, 5.41) is 0. The molecule has 0 atom stereocenters. The molecule has 0 aliphatic heterocycles. The molecule has 0 aromatic heterocycles. The molecular formula is C17H22FN. The topological polar surface area (TPSA) is 12.4 Å². The van der Waals surface area contributed by atoms with Crippen LogP contribution in [0.1, 0.15) is 37.0 Å². The second-order valence-electron chi connectivity index (χ2n) is 4.68. The van der Waals surface area contributed by atoms with Crippen molar-refractivity contribution >= 4 is 6.72 Å². The lowest BCUT2D eigenvalue weighted by Gasteiger charge is -2.11. The van der Waals surface area contributed by atoms with Gasteiger partial charge in [0.05, 0.1) is 0 Å². The van der Waals surface area contributed by atoms with Gasteiger partial charge in [0.2, 0.25) is 0 Å². The highest BCUT2D eigenvalue weighted by Gasteiger charge is 2.08. The van der Waals surface area contributed by atoms with Crippen molar-refractivity contribution in [2.24, 2.45) is 4.99 Å². The predicted octanol–water partition coefficient (Wildman–Crippen LogP) is 4.79. The van der Waals surface area contributed by atoms with Crippen LogP contribution in [0.2, 0.25) is 0 Å². The molecule has 1 rings (SSSR count). The average molecular weight is 259 g/mol. The fourth-order valence-corrected chi connectivity index (χ4v) is 2.15. The van der Waals surface area contributed by atoms with Gasteiger partial charge < -0.3 is 0 Å². The van der Waals surface area contributed by atoms with Crippen molar-refractivity contribution in [3.8, 4) is 0 Å². The molecule has 0 saturated heterocycles. The average Bonchev–Trinajstić information content (AvgIpc) is 2.36. The predicted molar refractivity (Wildman–Crippen MR) is 81.3 cm³/mol. The molecule has 1 aromatic rings. The van der Waals surface area contributed by atoms with Crippen LogP contribution >= 0.6 is 0 Å². The molecule has 0 aliphatic carbocycles. The zero-order valence-electron chi connectivity index (χ0n) is 12.0. The second-order valence-corrected chi connectivity index (χ2v) is 4.68. The van der Waals surface area contributed by atoms with E-state index in [0.717, 1.165) is 30.4 Å². The van der Waals surface area contributed by atoms with Crippen LogP contribution in [-0.2, 0) is 12.8 Å². The Balaban J connectivity index is 3.13. The van der Waals surface area contributed by atoms with E-state index < -0.39 is 0 Å². The number of rotatable bonds is 6. The number of aryl methyl sites for hydroxylation is 2. The van der Waals surface area contributed by atoms with Crippen molar-refractivity contribution in [3.05, 3.63) is 58.6 Å². The maximum Gasteiger partial charge on any atom is 0.126 e. The molecule has 0 bridgehead atoms. The number of benzene rings is 1. The molecule has 1 nitrogen and oxygen atoms in total. The third kappa shape index (κ3) is 4.47. The molecule has 0 unspecified atom stereocenters. The van der Waals surface area contributed by atoms with Crippen molar-refractivity contribution in [1.29, 1.82) is 0 Å². The summed E-state index contributed by atoms with van der Waals surface area (Å²) in [6.45, 7) is 9.38. The van der Waals surface area contributed by atoms with E-state index in [2.05, 4.69) is 18.6 Å². The van der Waals surface area contributed by atoms with E-state index in [-0.39, 0.29) is 5.82 Å². The first-order valence-electron chi connectivity index (χ1n) is 6.67. The Labute approximate surface area is 115 Å². The Morgan fingerprint density at radius 1 is 1.37 bits per heavy atom. The smallest absolute Gasteiger partial charge is 0.126 e.